The van der Waals surface area contributed by atoms with E-state index in [1.165, 1.54) is 11.3 Å². The Morgan fingerprint density at radius 2 is 2.40 bits per heavy atom. The Morgan fingerprint density at radius 3 is 3.13 bits per heavy atom. The maximum atomic E-state index is 11.3. The van der Waals surface area contributed by atoms with E-state index in [0.29, 0.717) is 18.2 Å². The summed E-state index contributed by atoms with van der Waals surface area (Å²) >= 11 is 1.37. The largest absolute Gasteiger partial charge is 0.374 e. The highest BCUT2D eigenvalue weighted by Gasteiger charge is 2.16. The third kappa shape index (κ3) is 2.87. The third-order valence-corrected chi connectivity index (χ3v) is 2.92. The summed E-state index contributed by atoms with van der Waals surface area (Å²) in [6.45, 7) is 2.74. The van der Waals surface area contributed by atoms with Gasteiger partial charge in [0.2, 0.25) is 11.0 Å². The van der Waals surface area contributed by atoms with E-state index >= 15 is 0 Å². The summed E-state index contributed by atoms with van der Waals surface area (Å²) in [4.78, 5) is 13.3. The zero-order valence-electron chi connectivity index (χ0n) is 8.27. The van der Waals surface area contributed by atoms with Crippen LogP contribution in [0.25, 0.3) is 0 Å². The molecule has 1 aromatic rings. The zero-order chi connectivity index (χ0) is 10.7. The van der Waals surface area contributed by atoms with Crippen molar-refractivity contribution in [1.29, 1.82) is 0 Å². The minimum absolute atomic E-state index is 0.0741. The van der Waals surface area contributed by atoms with E-state index in [2.05, 4.69) is 20.4 Å². The molecule has 0 spiro atoms. The van der Waals surface area contributed by atoms with Gasteiger partial charge in [-0.15, -0.1) is 10.2 Å². The molecule has 2 rings (SSSR count). The van der Waals surface area contributed by atoms with Gasteiger partial charge in [-0.3, -0.25) is 9.69 Å². The van der Waals surface area contributed by atoms with Crippen molar-refractivity contribution in [2.75, 3.05) is 25.4 Å². The smallest absolute Gasteiger partial charge is 0.234 e. The van der Waals surface area contributed by atoms with Gasteiger partial charge >= 0.3 is 0 Å². The molecular weight excluding hydrogens is 214 g/mol. The van der Waals surface area contributed by atoms with E-state index in [-0.39, 0.29) is 5.91 Å². The zero-order valence-corrected chi connectivity index (χ0v) is 9.09. The van der Waals surface area contributed by atoms with E-state index < -0.39 is 0 Å². The van der Waals surface area contributed by atoms with Gasteiger partial charge in [0.05, 0.1) is 13.1 Å². The topological polar surface area (TPSA) is 84.1 Å². The lowest BCUT2D eigenvalue weighted by Crippen LogP contribution is -2.32. The van der Waals surface area contributed by atoms with E-state index in [1.807, 2.05) is 0 Å². The lowest BCUT2D eigenvalue weighted by molar-refractivity contribution is -0.121. The van der Waals surface area contributed by atoms with Gasteiger partial charge in [0.25, 0.3) is 0 Å². The summed E-state index contributed by atoms with van der Waals surface area (Å²) in [5.74, 6) is 0.0741. The molecule has 0 radical (unpaired) electrons. The molecule has 1 fully saturated rings. The first-order valence-corrected chi connectivity index (χ1v) is 5.62. The number of hydrogen-bond acceptors (Lipinski definition) is 6. The lowest BCUT2D eigenvalue weighted by atomic mass is 10.4. The molecule has 6 nitrogen and oxygen atoms in total. The molecule has 1 aliphatic heterocycles. The van der Waals surface area contributed by atoms with Crippen molar-refractivity contribution in [3.05, 3.63) is 5.01 Å². The van der Waals surface area contributed by atoms with Gasteiger partial charge in [-0.05, 0) is 6.42 Å². The molecule has 0 bridgehead atoms. The van der Waals surface area contributed by atoms with Crippen molar-refractivity contribution in [1.82, 2.24) is 20.4 Å². The van der Waals surface area contributed by atoms with Crippen LogP contribution in [-0.2, 0) is 11.3 Å². The first-order chi connectivity index (χ1) is 7.24. The van der Waals surface area contributed by atoms with Crippen LogP contribution in [0.1, 0.15) is 11.4 Å². The number of nitrogen functional groups attached to an aromatic ring is 1. The average Bonchev–Trinajstić information content (AvgIpc) is 2.46. The molecule has 15 heavy (non-hydrogen) atoms. The Balaban J connectivity index is 1.95. The molecule has 82 valence electrons. The molecular formula is C8H13N5OS. The van der Waals surface area contributed by atoms with Crippen molar-refractivity contribution < 1.29 is 4.79 Å². The minimum atomic E-state index is 0.0741. The molecule has 7 heteroatoms. The second-order valence-electron chi connectivity index (χ2n) is 3.45. The predicted molar refractivity (Wildman–Crippen MR) is 57.2 cm³/mol. The van der Waals surface area contributed by atoms with Crippen molar-refractivity contribution in [3.8, 4) is 0 Å². The summed E-state index contributed by atoms with van der Waals surface area (Å²) in [6.07, 6.45) is 0.972. The van der Waals surface area contributed by atoms with Gasteiger partial charge in [-0.2, -0.15) is 0 Å². The normalized spacial score (nSPS) is 18.5. The Morgan fingerprint density at radius 1 is 1.53 bits per heavy atom. The van der Waals surface area contributed by atoms with Crippen LogP contribution < -0.4 is 11.1 Å². The van der Waals surface area contributed by atoms with Gasteiger partial charge in [0, 0.05) is 13.1 Å². The fourth-order valence-electron chi connectivity index (χ4n) is 1.53. The molecule has 1 saturated heterocycles. The first-order valence-electron chi connectivity index (χ1n) is 4.81. The van der Waals surface area contributed by atoms with Crippen molar-refractivity contribution >= 4 is 22.4 Å². The fraction of sp³-hybridized carbons (Fsp3) is 0.625. The van der Waals surface area contributed by atoms with Crippen LogP contribution in [0, 0.1) is 0 Å². The summed E-state index contributed by atoms with van der Waals surface area (Å²) in [7, 11) is 0. The fourth-order valence-corrected chi connectivity index (χ4v) is 2.18. The van der Waals surface area contributed by atoms with Crippen LogP contribution in [0.5, 0.6) is 0 Å². The van der Waals surface area contributed by atoms with Crippen molar-refractivity contribution in [2.45, 2.75) is 13.0 Å². The van der Waals surface area contributed by atoms with Gasteiger partial charge in [-0.1, -0.05) is 11.3 Å². The number of rotatable bonds is 2. The monoisotopic (exact) mass is 227 g/mol. The van der Waals surface area contributed by atoms with Gasteiger partial charge in [-0.25, -0.2) is 0 Å². The predicted octanol–water partition coefficient (Wildman–Crippen LogP) is -0.558. The molecule has 0 aliphatic carbocycles. The number of carbonyl (C=O) groups is 1. The first kappa shape index (κ1) is 10.3. The molecule has 0 saturated carbocycles. The van der Waals surface area contributed by atoms with Crippen LogP contribution in [0.4, 0.5) is 5.13 Å². The molecule has 1 aromatic heterocycles. The highest BCUT2D eigenvalue weighted by molar-refractivity contribution is 7.15. The maximum absolute atomic E-state index is 11.3. The second kappa shape index (κ2) is 4.54. The Bertz CT molecular complexity index is 353. The summed E-state index contributed by atoms with van der Waals surface area (Å²) in [6, 6.07) is 0. The Kier molecular flexibility index (Phi) is 3.12. The van der Waals surface area contributed by atoms with Gasteiger partial charge in [0.1, 0.15) is 5.01 Å². The van der Waals surface area contributed by atoms with Crippen LogP contribution in [0.2, 0.25) is 0 Å². The lowest BCUT2D eigenvalue weighted by Gasteiger charge is -2.15. The standard InChI is InChI=1S/C8H13N5OS/c9-8-12-11-7(15-8)5-13-3-1-2-10-6(14)4-13/h1-5H2,(H2,9,12)(H,10,14). The number of hydrogen-bond donors (Lipinski definition) is 2. The number of nitrogens with two attached hydrogens (primary N) is 1. The highest BCUT2D eigenvalue weighted by Crippen LogP contribution is 2.13. The third-order valence-electron chi connectivity index (χ3n) is 2.18. The molecule has 2 heterocycles. The molecule has 0 aromatic carbocycles. The Hall–Kier alpha value is -1.21. The number of carbonyl (C=O) groups excluding carboxylic acids is 1. The molecule has 0 unspecified atom stereocenters. The molecule has 1 aliphatic rings. The van der Waals surface area contributed by atoms with E-state index in [1.54, 1.807) is 0 Å². The second-order valence-corrected chi connectivity index (χ2v) is 4.54. The molecule has 1 amide bonds. The molecule has 3 N–H and O–H groups in total. The number of amides is 1. The highest BCUT2D eigenvalue weighted by atomic mass is 32.1. The minimum Gasteiger partial charge on any atom is -0.374 e. The van der Waals surface area contributed by atoms with Gasteiger partial charge in [0.15, 0.2) is 0 Å². The number of aromatic nitrogens is 2. The maximum Gasteiger partial charge on any atom is 0.234 e. The summed E-state index contributed by atoms with van der Waals surface area (Å²) in [5.41, 5.74) is 5.49. The molecule has 0 atom stereocenters. The van der Waals surface area contributed by atoms with Crippen molar-refractivity contribution in [3.63, 3.8) is 0 Å². The van der Waals surface area contributed by atoms with Crippen LogP contribution >= 0.6 is 11.3 Å². The van der Waals surface area contributed by atoms with Crippen LogP contribution in [0.3, 0.4) is 0 Å². The van der Waals surface area contributed by atoms with Gasteiger partial charge < -0.3 is 11.1 Å². The van der Waals surface area contributed by atoms with E-state index in [9.17, 15) is 4.79 Å². The average molecular weight is 227 g/mol. The van der Waals surface area contributed by atoms with E-state index in [0.717, 1.165) is 24.5 Å². The number of anilines is 1. The van der Waals surface area contributed by atoms with Crippen LogP contribution in [-0.4, -0.2) is 40.6 Å². The summed E-state index contributed by atoms with van der Waals surface area (Å²) < 4.78 is 0. The SMILES string of the molecule is Nc1nnc(CN2CCCNC(=O)C2)s1. The summed E-state index contributed by atoms with van der Waals surface area (Å²) in [5, 5.41) is 11.8. The van der Waals surface area contributed by atoms with E-state index in [4.69, 9.17) is 5.73 Å². The number of nitrogens with zero attached hydrogens (tertiary/aromatic N) is 3. The Labute approximate surface area is 91.5 Å². The number of nitrogens with one attached hydrogen (secondary N) is 1. The van der Waals surface area contributed by atoms with Crippen LogP contribution in [0.15, 0.2) is 0 Å². The quantitative estimate of drug-likeness (QED) is 0.707. The van der Waals surface area contributed by atoms with Crippen molar-refractivity contribution in [2.24, 2.45) is 0 Å².